The second-order valence-corrected chi connectivity index (χ2v) is 8.07. The fourth-order valence-electron chi connectivity index (χ4n) is 3.71. The molecule has 0 aromatic carbocycles. The Labute approximate surface area is 172 Å². The van der Waals surface area contributed by atoms with Crippen LogP contribution in [0.1, 0.15) is 53.4 Å². The van der Waals surface area contributed by atoms with Crippen molar-refractivity contribution in [2.75, 3.05) is 46.4 Å². The monoisotopic (exact) mass is 466 g/mol. The molecule has 0 aromatic rings. The zero-order valence-corrected chi connectivity index (χ0v) is 19.2. The fourth-order valence-corrected chi connectivity index (χ4v) is 3.71. The standard InChI is InChI=1S/C19H38N4O.HI/c1-6-20-18(22-11-7-16(2)8-12-22)21-15-19(3,4)23-13-9-17(24-5)10-14-23;/h16-17H,6-15H2,1-5H3,(H,20,21);1H. The summed E-state index contributed by atoms with van der Waals surface area (Å²) in [5.41, 5.74) is 0.0997. The quantitative estimate of drug-likeness (QED) is 0.384. The summed E-state index contributed by atoms with van der Waals surface area (Å²) in [6.45, 7) is 15.4. The van der Waals surface area contributed by atoms with E-state index in [1.165, 1.54) is 12.8 Å². The van der Waals surface area contributed by atoms with Crippen molar-refractivity contribution in [1.29, 1.82) is 0 Å². The minimum absolute atomic E-state index is 0. The van der Waals surface area contributed by atoms with Crippen molar-refractivity contribution in [2.24, 2.45) is 10.9 Å². The van der Waals surface area contributed by atoms with Crippen LogP contribution in [-0.4, -0.2) is 73.8 Å². The highest BCUT2D eigenvalue weighted by Crippen LogP contribution is 2.23. The molecule has 2 rings (SSSR count). The third-order valence-electron chi connectivity index (χ3n) is 5.67. The van der Waals surface area contributed by atoms with Crippen molar-refractivity contribution in [3.63, 3.8) is 0 Å². The van der Waals surface area contributed by atoms with Crippen LogP contribution in [0, 0.1) is 5.92 Å². The predicted octanol–water partition coefficient (Wildman–Crippen LogP) is 3.19. The zero-order chi connectivity index (χ0) is 17.6. The highest BCUT2D eigenvalue weighted by molar-refractivity contribution is 14.0. The number of rotatable bonds is 5. The van der Waals surface area contributed by atoms with Crippen molar-refractivity contribution in [3.05, 3.63) is 0 Å². The fraction of sp³-hybridized carbons (Fsp3) is 0.947. The molecule has 2 heterocycles. The summed E-state index contributed by atoms with van der Waals surface area (Å²) in [6.07, 6.45) is 5.26. The Bertz CT molecular complexity index is 400. The van der Waals surface area contributed by atoms with Gasteiger partial charge in [-0.2, -0.15) is 0 Å². The maximum Gasteiger partial charge on any atom is 0.193 e. The van der Waals surface area contributed by atoms with Crippen molar-refractivity contribution in [2.45, 2.75) is 65.0 Å². The summed E-state index contributed by atoms with van der Waals surface area (Å²) in [5.74, 6) is 1.95. The van der Waals surface area contributed by atoms with Gasteiger partial charge < -0.3 is 15.0 Å². The summed E-state index contributed by atoms with van der Waals surface area (Å²) >= 11 is 0. The summed E-state index contributed by atoms with van der Waals surface area (Å²) in [7, 11) is 1.83. The second-order valence-electron chi connectivity index (χ2n) is 8.07. The van der Waals surface area contributed by atoms with Crippen LogP contribution in [0.15, 0.2) is 4.99 Å². The lowest BCUT2D eigenvalue weighted by Gasteiger charge is -2.42. The van der Waals surface area contributed by atoms with Gasteiger partial charge in [0.15, 0.2) is 5.96 Å². The molecule has 25 heavy (non-hydrogen) atoms. The van der Waals surface area contributed by atoms with Gasteiger partial charge in [0.2, 0.25) is 0 Å². The minimum Gasteiger partial charge on any atom is -0.381 e. The van der Waals surface area contributed by atoms with E-state index in [1.54, 1.807) is 0 Å². The van der Waals surface area contributed by atoms with Crippen molar-refractivity contribution >= 4 is 29.9 Å². The first-order chi connectivity index (χ1) is 11.5. The second kappa shape index (κ2) is 10.9. The number of guanidine groups is 1. The molecule has 2 aliphatic heterocycles. The molecule has 148 valence electrons. The number of nitrogens with one attached hydrogen (secondary N) is 1. The number of ether oxygens (including phenoxy) is 1. The molecule has 0 aromatic heterocycles. The van der Waals surface area contributed by atoms with E-state index in [-0.39, 0.29) is 29.5 Å². The molecule has 2 saturated heterocycles. The third-order valence-corrected chi connectivity index (χ3v) is 5.67. The Balaban J connectivity index is 0.00000312. The number of piperidine rings is 2. The molecule has 2 aliphatic rings. The molecule has 0 spiro atoms. The Kier molecular flexibility index (Phi) is 10.0. The average Bonchev–Trinajstić information content (AvgIpc) is 2.59. The first kappa shape index (κ1) is 23.0. The van der Waals surface area contributed by atoms with Crippen LogP contribution in [0.4, 0.5) is 0 Å². The molecular formula is C19H39IN4O. The van der Waals surface area contributed by atoms with Gasteiger partial charge in [-0.05, 0) is 52.4 Å². The first-order valence-corrected chi connectivity index (χ1v) is 9.77. The summed E-state index contributed by atoms with van der Waals surface area (Å²) in [4.78, 5) is 10.0. The Morgan fingerprint density at radius 2 is 1.72 bits per heavy atom. The molecule has 0 saturated carbocycles. The van der Waals surface area contributed by atoms with Gasteiger partial charge in [0.05, 0.1) is 12.6 Å². The van der Waals surface area contributed by atoms with E-state index in [0.29, 0.717) is 6.10 Å². The van der Waals surface area contributed by atoms with Crippen LogP contribution < -0.4 is 5.32 Å². The molecule has 2 fully saturated rings. The van der Waals surface area contributed by atoms with Crippen molar-refractivity contribution < 1.29 is 4.74 Å². The molecule has 0 bridgehead atoms. The van der Waals surface area contributed by atoms with E-state index in [1.807, 2.05) is 7.11 Å². The first-order valence-electron chi connectivity index (χ1n) is 9.77. The summed E-state index contributed by atoms with van der Waals surface area (Å²) in [6, 6.07) is 0. The average molecular weight is 466 g/mol. The number of aliphatic imine (C=N–C) groups is 1. The van der Waals surface area contributed by atoms with Crippen molar-refractivity contribution in [3.8, 4) is 0 Å². The smallest absolute Gasteiger partial charge is 0.193 e. The van der Waals surface area contributed by atoms with Crippen LogP contribution >= 0.6 is 24.0 Å². The van der Waals surface area contributed by atoms with Gasteiger partial charge in [0.1, 0.15) is 0 Å². The molecule has 0 atom stereocenters. The molecule has 1 N–H and O–H groups in total. The van der Waals surface area contributed by atoms with Crippen LogP contribution in [0.5, 0.6) is 0 Å². The Hall–Kier alpha value is -0.0800. The van der Waals surface area contributed by atoms with Gasteiger partial charge in [-0.25, -0.2) is 0 Å². The van der Waals surface area contributed by atoms with Gasteiger partial charge in [-0.3, -0.25) is 9.89 Å². The topological polar surface area (TPSA) is 40.1 Å². The maximum atomic E-state index is 5.50. The maximum absolute atomic E-state index is 5.50. The van der Waals surface area contributed by atoms with Gasteiger partial charge in [0.25, 0.3) is 0 Å². The normalized spacial score (nSPS) is 22.0. The Morgan fingerprint density at radius 3 is 2.24 bits per heavy atom. The molecular weight excluding hydrogens is 427 g/mol. The number of hydrogen-bond donors (Lipinski definition) is 1. The minimum atomic E-state index is 0. The van der Waals surface area contributed by atoms with E-state index >= 15 is 0 Å². The van der Waals surface area contributed by atoms with Gasteiger partial charge in [-0.1, -0.05) is 6.92 Å². The highest BCUT2D eigenvalue weighted by atomic mass is 127. The highest BCUT2D eigenvalue weighted by Gasteiger charge is 2.31. The van der Waals surface area contributed by atoms with E-state index < -0.39 is 0 Å². The van der Waals surface area contributed by atoms with Crippen LogP contribution in [0.25, 0.3) is 0 Å². The predicted molar refractivity (Wildman–Crippen MR) is 117 cm³/mol. The molecule has 0 amide bonds. The van der Waals surface area contributed by atoms with E-state index in [9.17, 15) is 0 Å². The zero-order valence-electron chi connectivity index (χ0n) is 16.9. The van der Waals surface area contributed by atoms with Gasteiger partial charge in [0, 0.05) is 45.4 Å². The molecule has 0 radical (unpaired) electrons. The van der Waals surface area contributed by atoms with Gasteiger partial charge >= 0.3 is 0 Å². The largest absolute Gasteiger partial charge is 0.381 e. The van der Waals surface area contributed by atoms with Crippen LogP contribution in [0.2, 0.25) is 0 Å². The number of nitrogens with zero attached hydrogens (tertiary/aromatic N) is 3. The number of likely N-dealkylation sites (tertiary alicyclic amines) is 2. The van der Waals surface area contributed by atoms with E-state index in [2.05, 4.69) is 42.8 Å². The Morgan fingerprint density at radius 1 is 1.12 bits per heavy atom. The molecule has 6 heteroatoms. The van der Waals surface area contributed by atoms with Gasteiger partial charge in [-0.15, -0.1) is 24.0 Å². The summed E-state index contributed by atoms with van der Waals surface area (Å²) in [5, 5.41) is 3.50. The van der Waals surface area contributed by atoms with Crippen LogP contribution in [-0.2, 0) is 4.74 Å². The lowest BCUT2D eigenvalue weighted by molar-refractivity contribution is 0.00902. The molecule has 5 nitrogen and oxygen atoms in total. The van der Waals surface area contributed by atoms with E-state index in [4.69, 9.17) is 9.73 Å². The number of methoxy groups -OCH3 is 1. The van der Waals surface area contributed by atoms with E-state index in [0.717, 1.165) is 64.0 Å². The van der Waals surface area contributed by atoms with Crippen LogP contribution in [0.3, 0.4) is 0 Å². The molecule has 0 unspecified atom stereocenters. The molecule has 0 aliphatic carbocycles. The lowest BCUT2D eigenvalue weighted by atomic mass is 9.97. The number of halogens is 1. The summed E-state index contributed by atoms with van der Waals surface area (Å²) < 4.78 is 5.50. The van der Waals surface area contributed by atoms with Crippen molar-refractivity contribution in [1.82, 2.24) is 15.1 Å². The third kappa shape index (κ3) is 6.86. The lowest BCUT2D eigenvalue weighted by Crippen LogP contribution is -2.52. The number of hydrogen-bond acceptors (Lipinski definition) is 3. The SMILES string of the molecule is CCNC(=NCC(C)(C)N1CCC(OC)CC1)N1CCC(C)CC1.I.